The van der Waals surface area contributed by atoms with Crippen molar-refractivity contribution in [3.05, 3.63) is 41.0 Å². The SMILES string of the molecule is COc1cc(/C=C(\C(=O)O)C2CC[C@@]3(C)C(=CCC4C3CC[C@@]3(C)C4CC[C@@H]3[C@H](C)CCC(C)C(C)C)C2)ccc1O. The molecule has 5 rings (SSSR count). The van der Waals surface area contributed by atoms with E-state index in [1.165, 1.54) is 57.6 Å². The van der Waals surface area contributed by atoms with Gasteiger partial charge in [0.05, 0.1) is 7.11 Å². The van der Waals surface area contributed by atoms with Gasteiger partial charge in [0.1, 0.15) is 0 Å². The lowest BCUT2D eigenvalue weighted by atomic mass is 9.46. The number of hydrogen-bond donors (Lipinski definition) is 2. The number of aliphatic carboxylic acids is 1. The summed E-state index contributed by atoms with van der Waals surface area (Å²) in [5.74, 6) is 5.19. The first-order valence-electron chi connectivity index (χ1n) is 16.9. The number of phenols is 1. The molecule has 0 heterocycles. The highest BCUT2D eigenvalue weighted by atomic mass is 16.5. The van der Waals surface area contributed by atoms with Crippen LogP contribution in [0, 0.1) is 58.2 Å². The quantitative estimate of drug-likeness (QED) is 0.227. The number of carbonyl (C=O) groups is 1. The molecule has 0 radical (unpaired) electrons. The van der Waals surface area contributed by atoms with Gasteiger partial charge in [0.15, 0.2) is 11.5 Å². The summed E-state index contributed by atoms with van der Waals surface area (Å²) in [4.78, 5) is 12.5. The Balaban J connectivity index is 1.32. The van der Waals surface area contributed by atoms with Gasteiger partial charge in [-0.15, -0.1) is 0 Å². The summed E-state index contributed by atoms with van der Waals surface area (Å²) in [5.41, 5.74) is 3.42. The molecule has 0 amide bonds. The summed E-state index contributed by atoms with van der Waals surface area (Å²) >= 11 is 0. The van der Waals surface area contributed by atoms with Crippen LogP contribution in [-0.4, -0.2) is 23.3 Å². The van der Waals surface area contributed by atoms with E-state index in [9.17, 15) is 15.0 Å². The Kier molecular flexibility index (Phi) is 8.95. The van der Waals surface area contributed by atoms with Crippen molar-refractivity contribution < 1.29 is 19.7 Å². The van der Waals surface area contributed by atoms with E-state index in [2.05, 4.69) is 47.6 Å². The minimum atomic E-state index is -0.840. The van der Waals surface area contributed by atoms with E-state index in [0.29, 0.717) is 16.7 Å². The van der Waals surface area contributed by atoms with Crippen LogP contribution in [0.3, 0.4) is 0 Å². The Labute approximate surface area is 255 Å². The lowest BCUT2D eigenvalue weighted by Gasteiger charge is -2.58. The first-order valence-corrected chi connectivity index (χ1v) is 16.9. The summed E-state index contributed by atoms with van der Waals surface area (Å²) in [7, 11) is 1.51. The third-order valence-electron chi connectivity index (χ3n) is 13.3. The molecule has 0 bridgehead atoms. The molecule has 4 aliphatic carbocycles. The average Bonchev–Trinajstić information content (AvgIpc) is 3.32. The Hall–Kier alpha value is -2.23. The van der Waals surface area contributed by atoms with Gasteiger partial charge in [-0.1, -0.05) is 72.1 Å². The normalized spacial score (nSPS) is 36.0. The van der Waals surface area contributed by atoms with Crippen LogP contribution >= 0.6 is 0 Å². The maximum Gasteiger partial charge on any atom is 0.331 e. The molecule has 1 aromatic rings. The van der Waals surface area contributed by atoms with Crippen LogP contribution in [0.25, 0.3) is 6.08 Å². The van der Waals surface area contributed by atoms with Crippen LogP contribution in [0.5, 0.6) is 11.5 Å². The fourth-order valence-electron chi connectivity index (χ4n) is 10.3. The van der Waals surface area contributed by atoms with Crippen molar-refractivity contribution in [2.24, 2.45) is 58.2 Å². The highest BCUT2D eigenvalue weighted by Crippen LogP contribution is 2.67. The highest BCUT2D eigenvalue weighted by Gasteiger charge is 2.59. The summed E-state index contributed by atoms with van der Waals surface area (Å²) in [5, 5.41) is 20.2. The molecule has 4 heteroatoms. The summed E-state index contributed by atoms with van der Waals surface area (Å²) in [6, 6.07) is 5.05. The van der Waals surface area contributed by atoms with Gasteiger partial charge in [0, 0.05) is 5.57 Å². The number of hydrogen-bond acceptors (Lipinski definition) is 3. The molecule has 3 saturated carbocycles. The molecule has 1 aromatic carbocycles. The largest absolute Gasteiger partial charge is 0.504 e. The van der Waals surface area contributed by atoms with Crippen LogP contribution in [0.2, 0.25) is 0 Å². The topological polar surface area (TPSA) is 66.8 Å². The van der Waals surface area contributed by atoms with Crippen molar-refractivity contribution in [2.45, 2.75) is 106 Å². The van der Waals surface area contributed by atoms with E-state index in [0.717, 1.165) is 66.3 Å². The molecule has 9 atom stereocenters. The van der Waals surface area contributed by atoms with Crippen molar-refractivity contribution in [1.82, 2.24) is 0 Å². The van der Waals surface area contributed by atoms with Gasteiger partial charge in [-0.2, -0.15) is 0 Å². The van der Waals surface area contributed by atoms with Crippen molar-refractivity contribution in [1.29, 1.82) is 0 Å². The summed E-state index contributed by atoms with van der Waals surface area (Å²) in [6.45, 7) is 14.9. The average molecular weight is 577 g/mol. The zero-order valence-electron chi connectivity index (χ0n) is 27.3. The third-order valence-corrected chi connectivity index (χ3v) is 13.3. The maximum absolute atomic E-state index is 12.5. The van der Waals surface area contributed by atoms with Gasteiger partial charge >= 0.3 is 5.97 Å². The number of allylic oxidation sites excluding steroid dienone is 2. The van der Waals surface area contributed by atoms with E-state index in [1.54, 1.807) is 24.3 Å². The number of ether oxygens (including phenoxy) is 1. The van der Waals surface area contributed by atoms with E-state index in [1.807, 2.05) is 0 Å². The smallest absolute Gasteiger partial charge is 0.331 e. The lowest BCUT2D eigenvalue weighted by molar-refractivity contribution is -0.133. The number of fused-ring (bicyclic) bond motifs is 5. The molecule has 3 fully saturated rings. The van der Waals surface area contributed by atoms with Gasteiger partial charge < -0.3 is 14.9 Å². The molecule has 2 N–H and O–H groups in total. The minimum Gasteiger partial charge on any atom is -0.504 e. The fourth-order valence-corrected chi connectivity index (χ4v) is 10.3. The monoisotopic (exact) mass is 576 g/mol. The predicted octanol–water partition coefficient (Wildman–Crippen LogP) is 9.77. The van der Waals surface area contributed by atoms with Crippen LogP contribution in [-0.2, 0) is 4.79 Å². The first kappa shape index (κ1) is 31.2. The number of carboxylic acid groups (broad SMARTS) is 1. The molecule has 232 valence electrons. The lowest BCUT2D eigenvalue weighted by Crippen LogP contribution is -2.50. The number of rotatable bonds is 9. The van der Waals surface area contributed by atoms with E-state index in [4.69, 9.17) is 4.74 Å². The van der Waals surface area contributed by atoms with Gasteiger partial charge in [0.2, 0.25) is 0 Å². The molecular formula is C38H56O4. The zero-order chi connectivity index (χ0) is 30.4. The number of methoxy groups -OCH3 is 1. The second-order valence-corrected chi connectivity index (χ2v) is 15.5. The summed E-state index contributed by atoms with van der Waals surface area (Å²) in [6.07, 6.45) is 16.6. The Bertz CT molecular complexity index is 1210. The van der Waals surface area contributed by atoms with Crippen LogP contribution in [0.4, 0.5) is 0 Å². The molecule has 4 nitrogen and oxygen atoms in total. The highest BCUT2D eigenvalue weighted by molar-refractivity contribution is 5.93. The molecule has 0 spiro atoms. The molecule has 5 unspecified atom stereocenters. The van der Waals surface area contributed by atoms with Crippen LogP contribution in [0.1, 0.15) is 111 Å². The Morgan fingerprint density at radius 3 is 2.50 bits per heavy atom. The molecule has 4 aliphatic rings. The van der Waals surface area contributed by atoms with Gasteiger partial charge in [0.25, 0.3) is 0 Å². The van der Waals surface area contributed by atoms with Crippen molar-refractivity contribution in [3.8, 4) is 11.5 Å². The number of carboxylic acids is 1. The fraction of sp³-hybridized carbons (Fsp3) is 0.711. The van der Waals surface area contributed by atoms with Crippen molar-refractivity contribution in [2.75, 3.05) is 7.11 Å². The third kappa shape index (κ3) is 5.57. The number of phenolic OH excluding ortho intramolecular Hbond substituents is 1. The van der Waals surface area contributed by atoms with Crippen molar-refractivity contribution in [3.63, 3.8) is 0 Å². The predicted molar refractivity (Wildman–Crippen MR) is 171 cm³/mol. The van der Waals surface area contributed by atoms with E-state index >= 15 is 0 Å². The molecule has 0 aliphatic heterocycles. The Morgan fingerprint density at radius 1 is 1.05 bits per heavy atom. The number of benzene rings is 1. The maximum atomic E-state index is 12.5. The minimum absolute atomic E-state index is 0.0111. The van der Waals surface area contributed by atoms with Gasteiger partial charge in [-0.3, -0.25) is 0 Å². The Morgan fingerprint density at radius 2 is 1.81 bits per heavy atom. The second-order valence-electron chi connectivity index (χ2n) is 15.5. The second kappa shape index (κ2) is 12.0. The molecule has 42 heavy (non-hydrogen) atoms. The molecule has 0 aromatic heterocycles. The first-order chi connectivity index (χ1) is 19.9. The zero-order valence-corrected chi connectivity index (χ0v) is 27.3. The standard InChI is InChI=1S/C38H56O4/c1-23(2)24(3)8-9-25(4)31-13-14-32-29-12-11-28-22-27(16-18-37(28,5)33(29)17-19-38(31,32)6)30(36(40)41)20-26-10-15-34(39)35(21-26)42-7/h10-11,15,20-21,23-25,27,29,31-33,39H,8-9,12-14,16-19,22H2,1-7H3,(H,40,41)/b30-20-/t24?,25-,27?,29?,31-,32?,33?,37+,38-/m1/s1. The van der Waals surface area contributed by atoms with E-state index < -0.39 is 5.97 Å². The molecule has 0 saturated heterocycles. The molecular weight excluding hydrogens is 520 g/mol. The number of aromatic hydroxyl groups is 1. The van der Waals surface area contributed by atoms with Crippen molar-refractivity contribution >= 4 is 12.0 Å². The van der Waals surface area contributed by atoms with Crippen LogP contribution < -0.4 is 4.74 Å². The van der Waals surface area contributed by atoms with Gasteiger partial charge in [-0.05, 0) is 133 Å². The summed E-state index contributed by atoms with van der Waals surface area (Å²) < 4.78 is 5.26. The van der Waals surface area contributed by atoms with Gasteiger partial charge in [-0.25, -0.2) is 4.79 Å². The van der Waals surface area contributed by atoms with E-state index in [-0.39, 0.29) is 17.1 Å². The van der Waals surface area contributed by atoms with Crippen LogP contribution in [0.15, 0.2) is 35.4 Å².